The summed E-state index contributed by atoms with van der Waals surface area (Å²) in [6.45, 7) is 5.44. The van der Waals surface area contributed by atoms with Crippen molar-refractivity contribution in [1.82, 2.24) is 0 Å². The first-order valence-corrected chi connectivity index (χ1v) is 8.17. The first-order chi connectivity index (χ1) is 9.77. The van der Waals surface area contributed by atoms with E-state index in [0.717, 1.165) is 18.4 Å². The molecule has 114 valence electrons. The lowest BCUT2D eigenvalue weighted by molar-refractivity contribution is 0.0236. The van der Waals surface area contributed by atoms with Crippen molar-refractivity contribution in [3.05, 3.63) is 35.4 Å². The Morgan fingerprint density at radius 2 is 1.75 bits per heavy atom. The van der Waals surface area contributed by atoms with Gasteiger partial charge >= 0.3 is 0 Å². The average Bonchev–Trinajstić information content (AvgIpc) is 2.46. The molecule has 0 amide bonds. The molecule has 20 heavy (non-hydrogen) atoms. The fourth-order valence-corrected chi connectivity index (χ4v) is 2.64. The summed E-state index contributed by atoms with van der Waals surface area (Å²) < 4.78 is 15.9. The molecule has 1 unspecified atom stereocenters. The minimum absolute atomic E-state index is 0.504. The van der Waals surface area contributed by atoms with Gasteiger partial charge in [-0.15, -0.1) is 0 Å². The molecular weight excluding hydrogens is 320 g/mol. The first kappa shape index (κ1) is 17.6. The third-order valence-corrected chi connectivity index (χ3v) is 3.90. The van der Waals surface area contributed by atoms with E-state index in [1.54, 1.807) is 7.11 Å². The predicted octanol–water partition coefficient (Wildman–Crippen LogP) is 3.54. The van der Waals surface area contributed by atoms with Crippen molar-refractivity contribution in [3.8, 4) is 0 Å². The third-order valence-electron chi connectivity index (χ3n) is 3.11. The highest BCUT2D eigenvalue weighted by atomic mass is 79.9. The summed E-state index contributed by atoms with van der Waals surface area (Å²) in [6, 6.07) is 8.68. The number of methoxy groups -OCH3 is 1. The summed E-state index contributed by atoms with van der Waals surface area (Å²) in [5.41, 5.74) is 2.68. The van der Waals surface area contributed by atoms with Crippen LogP contribution in [0.15, 0.2) is 24.3 Å². The molecule has 0 heterocycles. The van der Waals surface area contributed by atoms with Crippen LogP contribution < -0.4 is 0 Å². The van der Waals surface area contributed by atoms with Gasteiger partial charge in [-0.2, -0.15) is 0 Å². The van der Waals surface area contributed by atoms with Crippen molar-refractivity contribution in [3.63, 3.8) is 0 Å². The van der Waals surface area contributed by atoms with Gasteiger partial charge in [-0.25, -0.2) is 0 Å². The van der Waals surface area contributed by atoms with Crippen molar-refractivity contribution in [2.45, 2.75) is 19.3 Å². The Kier molecular flexibility index (Phi) is 9.93. The van der Waals surface area contributed by atoms with Crippen molar-refractivity contribution in [2.75, 3.05) is 45.5 Å². The highest BCUT2D eigenvalue weighted by molar-refractivity contribution is 9.09. The SMILES string of the molecule is COCCOCCOCCC(CBr)c1cccc(C)c1. The third kappa shape index (κ3) is 7.39. The number of hydrogen-bond acceptors (Lipinski definition) is 3. The molecule has 3 nitrogen and oxygen atoms in total. The maximum atomic E-state index is 5.61. The first-order valence-electron chi connectivity index (χ1n) is 7.05. The molecule has 0 N–H and O–H groups in total. The molecule has 0 aromatic heterocycles. The summed E-state index contributed by atoms with van der Waals surface area (Å²) in [5.74, 6) is 0.504. The van der Waals surface area contributed by atoms with Crippen LogP contribution in [0.25, 0.3) is 0 Å². The van der Waals surface area contributed by atoms with Crippen LogP contribution >= 0.6 is 15.9 Å². The second-order valence-corrected chi connectivity index (χ2v) is 5.42. The van der Waals surface area contributed by atoms with E-state index in [4.69, 9.17) is 14.2 Å². The minimum atomic E-state index is 0.504. The zero-order chi connectivity index (χ0) is 14.6. The molecule has 0 aliphatic heterocycles. The topological polar surface area (TPSA) is 27.7 Å². The lowest BCUT2D eigenvalue weighted by atomic mass is 9.97. The van der Waals surface area contributed by atoms with Crippen LogP contribution in [0.3, 0.4) is 0 Å². The van der Waals surface area contributed by atoms with E-state index in [1.807, 2.05) is 0 Å². The van der Waals surface area contributed by atoms with Gasteiger partial charge in [0, 0.05) is 19.0 Å². The van der Waals surface area contributed by atoms with E-state index in [1.165, 1.54) is 11.1 Å². The number of hydrogen-bond donors (Lipinski definition) is 0. The van der Waals surface area contributed by atoms with Gasteiger partial charge in [-0.05, 0) is 24.8 Å². The molecule has 4 heteroatoms. The molecule has 0 bridgehead atoms. The highest BCUT2D eigenvalue weighted by Crippen LogP contribution is 2.22. The molecule has 0 fully saturated rings. The molecule has 0 aliphatic rings. The quantitative estimate of drug-likeness (QED) is 0.454. The van der Waals surface area contributed by atoms with Crippen LogP contribution in [0.2, 0.25) is 0 Å². The van der Waals surface area contributed by atoms with Crippen LogP contribution in [-0.2, 0) is 14.2 Å². The van der Waals surface area contributed by atoms with Gasteiger partial charge in [0.25, 0.3) is 0 Å². The Hall–Kier alpha value is -0.420. The van der Waals surface area contributed by atoms with Crippen molar-refractivity contribution in [2.24, 2.45) is 0 Å². The van der Waals surface area contributed by atoms with Gasteiger partial charge in [0.15, 0.2) is 0 Å². The molecule has 1 atom stereocenters. The van der Waals surface area contributed by atoms with E-state index in [2.05, 4.69) is 47.1 Å². The lowest BCUT2D eigenvalue weighted by Crippen LogP contribution is -2.11. The van der Waals surface area contributed by atoms with E-state index < -0.39 is 0 Å². The smallest absolute Gasteiger partial charge is 0.0701 e. The Bertz CT molecular complexity index is 357. The number of rotatable bonds is 11. The van der Waals surface area contributed by atoms with Crippen molar-refractivity contribution < 1.29 is 14.2 Å². The average molecular weight is 345 g/mol. The maximum Gasteiger partial charge on any atom is 0.0701 e. The Labute approximate surface area is 130 Å². The van der Waals surface area contributed by atoms with Gasteiger partial charge in [-0.3, -0.25) is 0 Å². The second-order valence-electron chi connectivity index (χ2n) is 4.77. The summed E-state index contributed by atoms with van der Waals surface area (Å²) in [5, 5.41) is 0.962. The number of benzene rings is 1. The van der Waals surface area contributed by atoms with Crippen LogP contribution in [0.5, 0.6) is 0 Å². The van der Waals surface area contributed by atoms with E-state index >= 15 is 0 Å². The zero-order valence-electron chi connectivity index (χ0n) is 12.4. The van der Waals surface area contributed by atoms with Crippen LogP contribution in [-0.4, -0.2) is 45.5 Å². The molecule has 0 radical (unpaired) electrons. The fourth-order valence-electron chi connectivity index (χ4n) is 1.95. The molecular formula is C16H25BrO3. The van der Waals surface area contributed by atoms with E-state index in [9.17, 15) is 0 Å². The standard InChI is InChI=1S/C16H25BrO3/c1-14-4-3-5-15(12-14)16(13-17)6-7-19-10-11-20-9-8-18-2/h3-5,12,16H,6-11,13H2,1-2H3. The molecule has 0 aliphatic carbocycles. The summed E-state index contributed by atoms with van der Waals surface area (Å²) in [7, 11) is 1.67. The number of ether oxygens (including phenoxy) is 3. The lowest BCUT2D eigenvalue weighted by Gasteiger charge is -2.15. The summed E-state index contributed by atoms with van der Waals surface area (Å²) in [4.78, 5) is 0. The number of alkyl halides is 1. The van der Waals surface area contributed by atoms with Gasteiger partial charge in [0.2, 0.25) is 0 Å². The van der Waals surface area contributed by atoms with E-state index in [0.29, 0.717) is 32.3 Å². The molecule has 0 saturated heterocycles. The Balaban J connectivity index is 2.16. The van der Waals surface area contributed by atoms with Gasteiger partial charge < -0.3 is 14.2 Å². The van der Waals surface area contributed by atoms with Gasteiger partial charge in [0.05, 0.1) is 26.4 Å². The Morgan fingerprint density at radius 3 is 2.40 bits per heavy atom. The second kappa shape index (κ2) is 11.3. The summed E-state index contributed by atoms with van der Waals surface area (Å²) >= 11 is 3.59. The zero-order valence-corrected chi connectivity index (χ0v) is 14.0. The number of aryl methyl sites for hydroxylation is 1. The highest BCUT2D eigenvalue weighted by Gasteiger charge is 2.10. The monoisotopic (exact) mass is 344 g/mol. The van der Waals surface area contributed by atoms with Crippen LogP contribution in [0, 0.1) is 6.92 Å². The summed E-state index contributed by atoms with van der Waals surface area (Å²) in [6.07, 6.45) is 1.02. The fraction of sp³-hybridized carbons (Fsp3) is 0.625. The largest absolute Gasteiger partial charge is 0.382 e. The molecule has 0 spiro atoms. The maximum absolute atomic E-state index is 5.61. The predicted molar refractivity (Wildman–Crippen MR) is 85.8 cm³/mol. The molecule has 1 rings (SSSR count). The van der Waals surface area contributed by atoms with Crippen LogP contribution in [0.4, 0.5) is 0 Å². The van der Waals surface area contributed by atoms with Crippen molar-refractivity contribution >= 4 is 15.9 Å². The molecule has 0 saturated carbocycles. The van der Waals surface area contributed by atoms with Crippen molar-refractivity contribution in [1.29, 1.82) is 0 Å². The molecule has 1 aromatic rings. The molecule has 1 aromatic carbocycles. The Morgan fingerprint density at radius 1 is 1.05 bits per heavy atom. The minimum Gasteiger partial charge on any atom is -0.382 e. The van der Waals surface area contributed by atoms with Crippen LogP contribution in [0.1, 0.15) is 23.5 Å². The van der Waals surface area contributed by atoms with E-state index in [-0.39, 0.29) is 0 Å². The normalized spacial score (nSPS) is 12.6. The van der Waals surface area contributed by atoms with Gasteiger partial charge in [-0.1, -0.05) is 45.8 Å². The number of halogens is 1. The van der Waals surface area contributed by atoms with Gasteiger partial charge in [0.1, 0.15) is 0 Å².